The fraction of sp³-hybridized carbons (Fsp3) is 0.533. The number of benzene rings is 1. The van der Waals surface area contributed by atoms with Crippen LogP contribution in [0.4, 0.5) is 0 Å². The highest BCUT2D eigenvalue weighted by Crippen LogP contribution is 2.36. The van der Waals surface area contributed by atoms with E-state index in [1.54, 1.807) is 11.8 Å². The molecule has 2 atom stereocenters. The van der Waals surface area contributed by atoms with Crippen LogP contribution in [0.5, 0.6) is 11.5 Å². The number of ether oxygens (including phenoxy) is 2. The molecule has 1 saturated heterocycles. The van der Waals surface area contributed by atoms with Gasteiger partial charge in [-0.3, -0.25) is 10.1 Å². The van der Waals surface area contributed by atoms with Crippen molar-refractivity contribution in [2.45, 2.75) is 37.1 Å². The molecule has 0 aliphatic carbocycles. The van der Waals surface area contributed by atoms with Crippen LogP contribution in [0.25, 0.3) is 0 Å². The van der Waals surface area contributed by atoms with E-state index in [1.807, 2.05) is 18.2 Å². The second kappa shape index (κ2) is 5.77. The van der Waals surface area contributed by atoms with E-state index < -0.39 is 12.0 Å². The maximum Gasteiger partial charge on any atom is 0.320 e. The number of fused-ring (bicyclic) bond motifs is 1. The van der Waals surface area contributed by atoms with E-state index in [1.165, 1.54) is 5.56 Å². The van der Waals surface area contributed by atoms with Crippen molar-refractivity contribution in [2.24, 2.45) is 0 Å². The molecule has 1 fully saturated rings. The van der Waals surface area contributed by atoms with Crippen LogP contribution in [0, 0.1) is 0 Å². The van der Waals surface area contributed by atoms with Gasteiger partial charge in [0.2, 0.25) is 6.79 Å². The van der Waals surface area contributed by atoms with Gasteiger partial charge in [0.25, 0.3) is 0 Å². The average Bonchev–Trinajstić information content (AvgIpc) is 2.93. The summed E-state index contributed by atoms with van der Waals surface area (Å²) in [4.78, 5) is 10.9. The molecule has 1 aromatic rings. The first kappa shape index (κ1) is 14.5. The molecular weight excluding hydrogens is 290 g/mol. The number of thioether (sulfide) groups is 1. The molecule has 0 aromatic heterocycles. The van der Waals surface area contributed by atoms with Crippen molar-refractivity contribution < 1.29 is 19.4 Å². The fourth-order valence-corrected chi connectivity index (χ4v) is 3.97. The Hall–Kier alpha value is -1.40. The Kier molecular flexibility index (Phi) is 3.99. The highest BCUT2D eigenvalue weighted by Gasteiger charge is 2.34. The van der Waals surface area contributed by atoms with Crippen LogP contribution in [-0.4, -0.2) is 34.5 Å². The summed E-state index contributed by atoms with van der Waals surface area (Å²) in [5.74, 6) is 1.71. The molecule has 0 spiro atoms. The van der Waals surface area contributed by atoms with E-state index >= 15 is 0 Å². The zero-order chi connectivity index (χ0) is 14.9. The summed E-state index contributed by atoms with van der Waals surface area (Å²) in [5, 5.41) is 12.4. The van der Waals surface area contributed by atoms with Crippen LogP contribution >= 0.6 is 11.8 Å². The second-order valence-electron chi connectivity index (χ2n) is 5.59. The summed E-state index contributed by atoms with van der Waals surface area (Å²) in [5.41, 5.74) is 1.18. The van der Waals surface area contributed by atoms with Gasteiger partial charge in [0, 0.05) is 0 Å². The maximum absolute atomic E-state index is 11.1. The Morgan fingerprint density at radius 3 is 3.10 bits per heavy atom. The Bertz CT molecular complexity index is 550. The van der Waals surface area contributed by atoms with Crippen LogP contribution in [0.2, 0.25) is 0 Å². The summed E-state index contributed by atoms with van der Waals surface area (Å²) in [6, 6.07) is 5.54. The van der Waals surface area contributed by atoms with Gasteiger partial charge in [0.15, 0.2) is 11.5 Å². The Morgan fingerprint density at radius 1 is 1.48 bits per heavy atom. The number of carboxylic acid groups (broad SMARTS) is 1. The normalized spacial score (nSPS) is 27.6. The monoisotopic (exact) mass is 309 g/mol. The molecular formula is C15H19NO4S. The molecule has 1 aromatic carbocycles. The number of hydrogen-bond donors (Lipinski definition) is 2. The molecule has 0 saturated carbocycles. The maximum atomic E-state index is 11.1. The van der Waals surface area contributed by atoms with Gasteiger partial charge in [-0.25, -0.2) is 0 Å². The summed E-state index contributed by atoms with van der Waals surface area (Å²) < 4.78 is 10.7. The molecule has 0 bridgehead atoms. The zero-order valence-electron chi connectivity index (χ0n) is 11.9. The fourth-order valence-electron chi connectivity index (χ4n) is 2.69. The van der Waals surface area contributed by atoms with Gasteiger partial charge in [0.05, 0.1) is 4.87 Å². The van der Waals surface area contributed by atoms with E-state index in [2.05, 4.69) is 12.2 Å². The third kappa shape index (κ3) is 3.27. The van der Waals surface area contributed by atoms with Crippen LogP contribution < -0.4 is 14.8 Å². The SMILES string of the molecule is CC1(CCc2ccc3c(c2)OCO3)NC(C(=O)O)CCS1. The number of aryl methyl sites for hydroxylation is 1. The number of nitrogens with one attached hydrogen (secondary N) is 1. The molecule has 0 amide bonds. The highest BCUT2D eigenvalue weighted by atomic mass is 32.2. The smallest absolute Gasteiger partial charge is 0.320 e. The number of aliphatic carboxylic acids is 1. The van der Waals surface area contributed by atoms with Crippen molar-refractivity contribution in [3.05, 3.63) is 23.8 Å². The van der Waals surface area contributed by atoms with Gasteiger partial charge in [-0.15, -0.1) is 11.8 Å². The van der Waals surface area contributed by atoms with Gasteiger partial charge >= 0.3 is 5.97 Å². The number of carbonyl (C=O) groups is 1. The Morgan fingerprint density at radius 2 is 2.29 bits per heavy atom. The van der Waals surface area contributed by atoms with Crippen molar-refractivity contribution in [3.8, 4) is 11.5 Å². The van der Waals surface area contributed by atoms with Crippen molar-refractivity contribution in [1.82, 2.24) is 5.32 Å². The van der Waals surface area contributed by atoms with Crippen molar-refractivity contribution in [2.75, 3.05) is 12.5 Å². The summed E-state index contributed by atoms with van der Waals surface area (Å²) in [6.45, 7) is 2.37. The summed E-state index contributed by atoms with van der Waals surface area (Å²) >= 11 is 1.80. The van der Waals surface area contributed by atoms with Crippen molar-refractivity contribution in [3.63, 3.8) is 0 Å². The number of rotatable bonds is 4. The molecule has 2 N–H and O–H groups in total. The average molecular weight is 309 g/mol. The Balaban J connectivity index is 1.62. The van der Waals surface area contributed by atoms with E-state index in [9.17, 15) is 4.79 Å². The van der Waals surface area contributed by atoms with Crippen LogP contribution in [-0.2, 0) is 11.2 Å². The molecule has 2 aliphatic heterocycles. The lowest BCUT2D eigenvalue weighted by atomic mass is 10.0. The van der Waals surface area contributed by atoms with Crippen LogP contribution in [0.15, 0.2) is 18.2 Å². The molecule has 114 valence electrons. The lowest BCUT2D eigenvalue weighted by molar-refractivity contribution is -0.140. The molecule has 2 heterocycles. The lowest BCUT2D eigenvalue weighted by Crippen LogP contribution is -2.53. The van der Waals surface area contributed by atoms with E-state index in [0.29, 0.717) is 6.42 Å². The first-order valence-corrected chi connectivity index (χ1v) is 8.07. The molecule has 2 aliphatic rings. The summed E-state index contributed by atoms with van der Waals surface area (Å²) in [7, 11) is 0. The first-order chi connectivity index (χ1) is 10.1. The number of carboxylic acids is 1. The van der Waals surface area contributed by atoms with Gasteiger partial charge < -0.3 is 14.6 Å². The predicted molar refractivity (Wildman–Crippen MR) is 80.9 cm³/mol. The molecule has 6 heteroatoms. The highest BCUT2D eigenvalue weighted by molar-refractivity contribution is 8.00. The largest absolute Gasteiger partial charge is 0.480 e. The Labute approximate surface area is 128 Å². The first-order valence-electron chi connectivity index (χ1n) is 7.09. The van der Waals surface area contributed by atoms with E-state index in [0.717, 1.165) is 30.1 Å². The minimum atomic E-state index is -0.760. The second-order valence-corrected chi connectivity index (χ2v) is 7.19. The topological polar surface area (TPSA) is 67.8 Å². The van der Waals surface area contributed by atoms with E-state index in [4.69, 9.17) is 14.6 Å². The third-order valence-electron chi connectivity index (χ3n) is 3.93. The summed E-state index contributed by atoms with van der Waals surface area (Å²) in [6.07, 6.45) is 2.43. The molecule has 21 heavy (non-hydrogen) atoms. The minimum absolute atomic E-state index is 0.197. The van der Waals surface area contributed by atoms with E-state index in [-0.39, 0.29) is 11.7 Å². The van der Waals surface area contributed by atoms with Crippen molar-refractivity contribution in [1.29, 1.82) is 0 Å². The van der Waals surface area contributed by atoms with Gasteiger partial charge in [-0.05, 0) is 49.6 Å². The third-order valence-corrected chi connectivity index (χ3v) is 5.33. The predicted octanol–water partition coefficient (Wildman–Crippen LogP) is 2.24. The molecule has 0 radical (unpaired) electrons. The van der Waals surface area contributed by atoms with Gasteiger partial charge in [-0.2, -0.15) is 0 Å². The molecule has 5 nitrogen and oxygen atoms in total. The van der Waals surface area contributed by atoms with Gasteiger partial charge in [0.1, 0.15) is 6.04 Å². The molecule has 3 rings (SSSR count). The molecule has 2 unspecified atom stereocenters. The van der Waals surface area contributed by atoms with Gasteiger partial charge in [-0.1, -0.05) is 6.07 Å². The van der Waals surface area contributed by atoms with Crippen LogP contribution in [0.3, 0.4) is 0 Å². The zero-order valence-corrected chi connectivity index (χ0v) is 12.7. The van der Waals surface area contributed by atoms with Crippen molar-refractivity contribution >= 4 is 17.7 Å². The number of hydrogen-bond acceptors (Lipinski definition) is 5. The lowest BCUT2D eigenvalue weighted by Gasteiger charge is -2.37. The van der Waals surface area contributed by atoms with Crippen LogP contribution in [0.1, 0.15) is 25.3 Å². The quantitative estimate of drug-likeness (QED) is 0.889. The minimum Gasteiger partial charge on any atom is -0.480 e. The standard InChI is InChI=1S/C15H19NO4S/c1-15(16-11(14(17)18)5-7-21-15)6-4-10-2-3-12-13(8-10)20-9-19-12/h2-3,8,11,16H,4-7,9H2,1H3,(H,17,18).